The third-order valence-electron chi connectivity index (χ3n) is 2.46. The van der Waals surface area contributed by atoms with Crippen molar-refractivity contribution in [1.29, 1.82) is 0 Å². The highest BCUT2D eigenvalue weighted by Crippen LogP contribution is 2.26. The monoisotopic (exact) mass is 343 g/mol. The molecule has 1 aromatic heterocycles. The van der Waals surface area contributed by atoms with Gasteiger partial charge in [-0.25, -0.2) is 4.39 Å². The number of halogens is 2. The van der Waals surface area contributed by atoms with Crippen LogP contribution in [-0.2, 0) is 6.54 Å². The Bertz CT molecular complexity index is 557. The first-order valence-electron chi connectivity index (χ1n) is 6.05. The van der Waals surface area contributed by atoms with Gasteiger partial charge in [0.15, 0.2) is 0 Å². The van der Waals surface area contributed by atoms with Crippen LogP contribution in [0.1, 0.15) is 18.9 Å². The molecule has 0 saturated carbocycles. The minimum Gasteiger partial charge on any atom is -0.310 e. The second-order valence-electron chi connectivity index (χ2n) is 4.65. The summed E-state index contributed by atoms with van der Waals surface area (Å²) in [5, 5.41) is 13.2. The maximum Gasteiger partial charge on any atom is 0.147 e. The number of nitrogens with zero attached hydrogens (tertiary/aromatic N) is 2. The first kappa shape index (κ1) is 14.6. The fourth-order valence-electron chi connectivity index (χ4n) is 1.54. The fraction of sp³-hybridized carbons (Fsp3) is 0.385. The van der Waals surface area contributed by atoms with Gasteiger partial charge in [-0.05, 0) is 40.5 Å². The van der Waals surface area contributed by atoms with Crippen molar-refractivity contribution < 1.29 is 4.39 Å². The van der Waals surface area contributed by atoms with Crippen LogP contribution >= 0.6 is 27.3 Å². The summed E-state index contributed by atoms with van der Waals surface area (Å²) in [5.74, 6) is 0.320. The van der Waals surface area contributed by atoms with Crippen LogP contribution in [0.3, 0.4) is 0 Å². The van der Waals surface area contributed by atoms with E-state index in [0.29, 0.717) is 16.9 Å². The maximum absolute atomic E-state index is 13.5. The molecule has 0 bridgehead atoms. The molecule has 1 heterocycles. The van der Waals surface area contributed by atoms with Crippen LogP contribution in [0.5, 0.6) is 0 Å². The van der Waals surface area contributed by atoms with Crippen molar-refractivity contribution in [3.05, 3.63) is 33.5 Å². The van der Waals surface area contributed by atoms with E-state index in [4.69, 9.17) is 0 Å². The van der Waals surface area contributed by atoms with E-state index < -0.39 is 0 Å². The van der Waals surface area contributed by atoms with Crippen LogP contribution in [0.15, 0.2) is 22.7 Å². The van der Waals surface area contributed by atoms with Crippen molar-refractivity contribution in [1.82, 2.24) is 15.5 Å². The lowest BCUT2D eigenvalue weighted by molar-refractivity contribution is 0.550. The Morgan fingerprint density at radius 3 is 2.84 bits per heavy atom. The summed E-state index contributed by atoms with van der Waals surface area (Å²) < 4.78 is 13.9. The molecule has 2 rings (SSSR count). The number of rotatable bonds is 5. The van der Waals surface area contributed by atoms with Crippen molar-refractivity contribution in [3.63, 3.8) is 0 Å². The minimum absolute atomic E-state index is 0.285. The van der Waals surface area contributed by atoms with Gasteiger partial charge in [0.05, 0.1) is 4.47 Å². The second-order valence-corrected chi connectivity index (χ2v) is 6.57. The normalized spacial score (nSPS) is 11.2. The Hall–Kier alpha value is -0.850. The summed E-state index contributed by atoms with van der Waals surface area (Å²) in [6.45, 7) is 5.96. The highest BCUT2D eigenvalue weighted by Gasteiger charge is 2.09. The van der Waals surface area contributed by atoms with E-state index in [2.05, 4.69) is 45.3 Å². The molecule has 0 fully saturated rings. The molecular formula is C13H15BrFN3S. The molecule has 102 valence electrons. The number of hydrogen-bond acceptors (Lipinski definition) is 4. The first-order chi connectivity index (χ1) is 9.06. The number of aromatic nitrogens is 2. The van der Waals surface area contributed by atoms with Gasteiger partial charge in [0.1, 0.15) is 15.8 Å². The summed E-state index contributed by atoms with van der Waals surface area (Å²) in [6, 6.07) is 4.98. The molecule has 1 N–H and O–H groups in total. The van der Waals surface area contributed by atoms with Gasteiger partial charge in [-0.2, -0.15) is 0 Å². The third kappa shape index (κ3) is 4.06. The molecule has 0 amide bonds. The van der Waals surface area contributed by atoms with Gasteiger partial charge in [-0.1, -0.05) is 31.3 Å². The molecule has 0 spiro atoms. The Kier molecular flexibility index (Phi) is 5.01. The number of benzene rings is 1. The third-order valence-corrected chi connectivity index (χ3v) is 4.08. The lowest BCUT2D eigenvalue weighted by Crippen LogP contribution is -2.18. The Labute approximate surface area is 124 Å². The topological polar surface area (TPSA) is 37.8 Å². The van der Waals surface area contributed by atoms with E-state index in [-0.39, 0.29) is 5.82 Å². The zero-order valence-corrected chi connectivity index (χ0v) is 13.2. The molecule has 0 atom stereocenters. The molecule has 0 aliphatic carbocycles. The molecule has 0 saturated heterocycles. The van der Waals surface area contributed by atoms with Crippen LogP contribution in [0, 0.1) is 11.7 Å². The van der Waals surface area contributed by atoms with Gasteiger partial charge in [0, 0.05) is 12.1 Å². The van der Waals surface area contributed by atoms with Crippen molar-refractivity contribution in [2.24, 2.45) is 5.92 Å². The van der Waals surface area contributed by atoms with Gasteiger partial charge in [-0.3, -0.25) is 0 Å². The summed E-state index contributed by atoms with van der Waals surface area (Å²) in [5.41, 5.74) is 0.758. The van der Waals surface area contributed by atoms with E-state index in [1.54, 1.807) is 6.07 Å². The lowest BCUT2D eigenvalue weighted by Gasteiger charge is -2.04. The molecule has 0 aliphatic rings. The molecule has 0 radical (unpaired) electrons. The van der Waals surface area contributed by atoms with Crippen LogP contribution in [0.2, 0.25) is 0 Å². The average Bonchev–Trinajstić information content (AvgIpc) is 2.81. The summed E-state index contributed by atoms with van der Waals surface area (Å²) in [7, 11) is 0. The summed E-state index contributed by atoms with van der Waals surface area (Å²) in [4.78, 5) is 0. The molecule has 2 aromatic rings. The number of hydrogen-bond donors (Lipinski definition) is 1. The predicted octanol–water partition coefficient (Wildman–Crippen LogP) is 3.85. The van der Waals surface area contributed by atoms with Crippen molar-refractivity contribution in [2.45, 2.75) is 20.4 Å². The SMILES string of the molecule is CC(C)CNCc1nnc(-c2ccc(Br)c(F)c2)s1. The highest BCUT2D eigenvalue weighted by atomic mass is 79.9. The van der Waals surface area contributed by atoms with Gasteiger partial charge >= 0.3 is 0 Å². The number of nitrogens with one attached hydrogen (secondary N) is 1. The molecular weight excluding hydrogens is 329 g/mol. The lowest BCUT2D eigenvalue weighted by atomic mass is 10.2. The van der Waals surface area contributed by atoms with E-state index >= 15 is 0 Å². The predicted molar refractivity (Wildman–Crippen MR) is 79.5 cm³/mol. The van der Waals surface area contributed by atoms with Crippen LogP contribution in [0.25, 0.3) is 10.6 Å². The molecule has 6 heteroatoms. The zero-order chi connectivity index (χ0) is 13.8. The maximum atomic E-state index is 13.5. The molecule has 1 aromatic carbocycles. The summed E-state index contributed by atoms with van der Waals surface area (Å²) >= 11 is 4.62. The van der Waals surface area contributed by atoms with Gasteiger partial charge in [-0.15, -0.1) is 10.2 Å². The van der Waals surface area contributed by atoms with E-state index in [1.807, 2.05) is 6.07 Å². The molecule has 0 unspecified atom stereocenters. The summed E-state index contributed by atoms with van der Waals surface area (Å²) in [6.07, 6.45) is 0. The Balaban J connectivity index is 2.05. The standard InChI is InChI=1S/C13H15BrFN3S/c1-8(2)6-16-7-12-17-18-13(19-12)9-3-4-10(14)11(15)5-9/h3-5,8,16H,6-7H2,1-2H3. The van der Waals surface area contributed by atoms with Crippen LogP contribution in [0.4, 0.5) is 4.39 Å². The molecule has 3 nitrogen and oxygen atoms in total. The van der Waals surface area contributed by atoms with E-state index in [0.717, 1.165) is 22.1 Å². The average molecular weight is 344 g/mol. The van der Waals surface area contributed by atoms with Gasteiger partial charge in [0.25, 0.3) is 0 Å². The molecule has 19 heavy (non-hydrogen) atoms. The van der Waals surface area contributed by atoms with Crippen LogP contribution < -0.4 is 5.32 Å². The van der Waals surface area contributed by atoms with E-state index in [1.165, 1.54) is 17.4 Å². The minimum atomic E-state index is -0.285. The van der Waals surface area contributed by atoms with Gasteiger partial charge in [0.2, 0.25) is 0 Å². The van der Waals surface area contributed by atoms with Crippen molar-refractivity contribution in [2.75, 3.05) is 6.54 Å². The Morgan fingerprint density at radius 2 is 2.16 bits per heavy atom. The van der Waals surface area contributed by atoms with E-state index in [9.17, 15) is 4.39 Å². The van der Waals surface area contributed by atoms with Crippen molar-refractivity contribution in [3.8, 4) is 10.6 Å². The second kappa shape index (κ2) is 6.54. The molecule has 0 aliphatic heterocycles. The Morgan fingerprint density at radius 1 is 1.37 bits per heavy atom. The first-order valence-corrected chi connectivity index (χ1v) is 7.65. The fourth-order valence-corrected chi connectivity index (χ4v) is 2.59. The van der Waals surface area contributed by atoms with Crippen molar-refractivity contribution >= 4 is 27.3 Å². The quantitative estimate of drug-likeness (QED) is 0.895. The van der Waals surface area contributed by atoms with Gasteiger partial charge < -0.3 is 5.32 Å². The smallest absolute Gasteiger partial charge is 0.147 e. The largest absolute Gasteiger partial charge is 0.310 e. The highest BCUT2D eigenvalue weighted by molar-refractivity contribution is 9.10. The van der Waals surface area contributed by atoms with Crippen LogP contribution in [-0.4, -0.2) is 16.7 Å². The zero-order valence-electron chi connectivity index (χ0n) is 10.8.